The average molecular weight is 990 g/mol. The van der Waals surface area contributed by atoms with Crippen molar-refractivity contribution in [2.75, 3.05) is 99.1 Å². The van der Waals surface area contributed by atoms with E-state index < -0.39 is 54.8 Å². The van der Waals surface area contributed by atoms with E-state index in [4.69, 9.17) is 61.6 Å². The molecule has 1 amide bonds. The number of hydrogen-bond acceptors (Lipinski definition) is 19. The van der Waals surface area contributed by atoms with E-state index in [-0.39, 0.29) is 104 Å². The van der Waals surface area contributed by atoms with E-state index >= 15 is 0 Å². The van der Waals surface area contributed by atoms with Gasteiger partial charge in [0.15, 0.2) is 30.9 Å². The molecule has 0 aliphatic carbocycles. The first-order valence-electron chi connectivity index (χ1n) is 22.6. The first-order valence-corrected chi connectivity index (χ1v) is 23.4. The molecule has 0 aliphatic rings. The molecule has 0 saturated carbocycles. The first-order chi connectivity index (χ1) is 33.3. The standard InChI is InChI=1S/C49H67NO18S/c1-8-14-39(30-65-47(54)11-4)61-28-27-60-37(7)68-34-49(32-66-35(5)58-23-19-56-21-25-62-45(52)9-2,33-67-36(6)59-24-20-57-22-26-63-46(53)10-3)50-44(51)31-64-38-17-18-43-41(29-38)48(55)40-15-12-13-16-42(40)69-43/h9-13,15-18,29,35-37,39H,2-4,8,14,19-28,30-34H2,1,5-7H3,(H,50,51). The fourth-order valence-corrected chi connectivity index (χ4v) is 7.08. The molecule has 69 heavy (non-hydrogen) atoms. The van der Waals surface area contributed by atoms with Crippen molar-refractivity contribution in [1.29, 1.82) is 0 Å². The third-order valence-electron chi connectivity index (χ3n) is 9.52. The molecule has 0 aliphatic heterocycles. The largest absolute Gasteiger partial charge is 0.484 e. The number of fused-ring (bicyclic) bond motifs is 2. The second-order valence-electron chi connectivity index (χ2n) is 15.0. The van der Waals surface area contributed by atoms with Crippen molar-refractivity contribution in [2.45, 2.75) is 71.0 Å². The van der Waals surface area contributed by atoms with Crippen LogP contribution in [0.2, 0.25) is 0 Å². The number of hydrogen-bond donors (Lipinski definition) is 1. The summed E-state index contributed by atoms with van der Waals surface area (Å²) in [6, 6.07) is 12.4. The van der Waals surface area contributed by atoms with Gasteiger partial charge in [0, 0.05) is 38.4 Å². The van der Waals surface area contributed by atoms with Gasteiger partial charge in [0.2, 0.25) is 0 Å². The molecule has 1 N–H and O–H groups in total. The quantitative estimate of drug-likeness (QED) is 0.0194. The first kappa shape index (κ1) is 58.2. The van der Waals surface area contributed by atoms with E-state index in [1.807, 2.05) is 19.1 Å². The van der Waals surface area contributed by atoms with Crippen LogP contribution in [0, 0.1) is 0 Å². The fourth-order valence-electron chi connectivity index (χ4n) is 6.03. The summed E-state index contributed by atoms with van der Waals surface area (Å²) in [5, 5.41) is 4.03. The minimum absolute atomic E-state index is 0.0468. The number of ether oxygens (including phenoxy) is 13. The van der Waals surface area contributed by atoms with E-state index in [0.29, 0.717) is 22.9 Å². The molecule has 4 atom stereocenters. The molecule has 20 heteroatoms. The van der Waals surface area contributed by atoms with Gasteiger partial charge in [0.1, 0.15) is 31.1 Å². The number of benzene rings is 2. The number of esters is 3. The molecular formula is C49H67NO18S. The Morgan fingerprint density at radius 3 is 1.67 bits per heavy atom. The Kier molecular flexibility index (Phi) is 28.2. The Bertz CT molecular complexity index is 2070. The molecular weight excluding hydrogens is 923 g/mol. The van der Waals surface area contributed by atoms with Crippen LogP contribution in [0.3, 0.4) is 0 Å². The Balaban J connectivity index is 1.75. The van der Waals surface area contributed by atoms with Gasteiger partial charge in [0.25, 0.3) is 5.91 Å². The molecule has 19 nitrogen and oxygen atoms in total. The van der Waals surface area contributed by atoms with Gasteiger partial charge in [0.05, 0.1) is 78.8 Å². The number of amides is 1. The van der Waals surface area contributed by atoms with Gasteiger partial charge in [-0.15, -0.1) is 11.3 Å². The lowest BCUT2D eigenvalue weighted by molar-refractivity contribution is -0.203. The SMILES string of the molecule is C=CC(=O)OCCOCCOC(C)OCC(COC(C)OCCOCCOC(=O)C=C)(COC(C)OCCOC(CCC)COC(=O)C=C)NC(=O)COc1ccc2sc3ccccc3c(=O)c2c1. The predicted octanol–water partition coefficient (Wildman–Crippen LogP) is 5.19. The van der Waals surface area contributed by atoms with Crippen LogP contribution < -0.4 is 15.5 Å². The number of rotatable bonds is 39. The number of nitrogens with one attached hydrogen (secondary N) is 1. The maximum atomic E-state index is 13.9. The summed E-state index contributed by atoms with van der Waals surface area (Å²) in [7, 11) is 0. The summed E-state index contributed by atoms with van der Waals surface area (Å²) in [6.45, 7) is 17.4. The summed E-state index contributed by atoms with van der Waals surface area (Å²) in [4.78, 5) is 61.5. The van der Waals surface area contributed by atoms with Gasteiger partial charge >= 0.3 is 17.9 Å². The summed E-state index contributed by atoms with van der Waals surface area (Å²) in [5.41, 5.74) is -1.57. The van der Waals surface area contributed by atoms with Gasteiger partial charge in [-0.05, 0) is 57.5 Å². The van der Waals surface area contributed by atoms with Crippen LogP contribution in [-0.4, -0.2) is 153 Å². The smallest absolute Gasteiger partial charge is 0.330 e. The van der Waals surface area contributed by atoms with Crippen molar-refractivity contribution in [1.82, 2.24) is 5.32 Å². The molecule has 4 unspecified atom stereocenters. The Morgan fingerprint density at radius 2 is 1.12 bits per heavy atom. The molecule has 2 aromatic carbocycles. The van der Waals surface area contributed by atoms with Crippen molar-refractivity contribution in [3.05, 3.63) is 90.7 Å². The van der Waals surface area contributed by atoms with Crippen LogP contribution in [0.25, 0.3) is 20.2 Å². The highest BCUT2D eigenvalue weighted by Gasteiger charge is 2.36. The van der Waals surface area contributed by atoms with Crippen molar-refractivity contribution < 1.29 is 80.8 Å². The predicted molar refractivity (Wildman–Crippen MR) is 256 cm³/mol. The lowest BCUT2D eigenvalue weighted by Gasteiger charge is -2.36. The normalized spacial score (nSPS) is 13.9. The number of carbonyl (C=O) groups excluding carboxylic acids is 4. The van der Waals surface area contributed by atoms with E-state index in [0.717, 1.165) is 34.0 Å². The Morgan fingerprint density at radius 1 is 0.623 bits per heavy atom. The van der Waals surface area contributed by atoms with Crippen molar-refractivity contribution in [3.8, 4) is 5.75 Å². The van der Waals surface area contributed by atoms with E-state index in [2.05, 4.69) is 25.1 Å². The van der Waals surface area contributed by atoms with Crippen LogP contribution >= 0.6 is 11.3 Å². The minimum Gasteiger partial charge on any atom is -0.484 e. The van der Waals surface area contributed by atoms with Gasteiger partial charge in [-0.1, -0.05) is 45.2 Å². The van der Waals surface area contributed by atoms with Crippen molar-refractivity contribution in [2.24, 2.45) is 0 Å². The van der Waals surface area contributed by atoms with Crippen LogP contribution in [-0.2, 0) is 76.0 Å². The molecule has 3 rings (SSSR count). The zero-order valence-corrected chi connectivity index (χ0v) is 40.8. The Hall–Kier alpha value is -5.13. The zero-order chi connectivity index (χ0) is 50.3. The maximum absolute atomic E-state index is 13.9. The second-order valence-corrected chi connectivity index (χ2v) is 16.1. The van der Waals surface area contributed by atoms with Crippen LogP contribution in [0.1, 0.15) is 40.5 Å². The maximum Gasteiger partial charge on any atom is 0.330 e. The van der Waals surface area contributed by atoms with E-state index in [9.17, 15) is 24.0 Å². The molecule has 0 saturated heterocycles. The van der Waals surface area contributed by atoms with E-state index in [1.54, 1.807) is 51.1 Å². The molecule has 1 heterocycles. The molecule has 0 radical (unpaired) electrons. The lowest BCUT2D eigenvalue weighted by Crippen LogP contribution is -2.60. The van der Waals surface area contributed by atoms with Crippen LogP contribution in [0.15, 0.2) is 85.2 Å². The molecule has 0 fully saturated rings. The topological polar surface area (TPSA) is 217 Å². The highest BCUT2D eigenvalue weighted by atomic mass is 32.1. The summed E-state index contributed by atoms with van der Waals surface area (Å²) in [6.07, 6.45) is 1.87. The van der Waals surface area contributed by atoms with E-state index in [1.165, 1.54) is 11.3 Å². The number of carbonyl (C=O) groups is 4. The second kappa shape index (κ2) is 33.4. The van der Waals surface area contributed by atoms with Gasteiger partial charge in [-0.2, -0.15) is 0 Å². The van der Waals surface area contributed by atoms with Gasteiger partial charge in [-0.3, -0.25) is 9.59 Å². The molecule has 0 bridgehead atoms. The van der Waals surface area contributed by atoms with Crippen LogP contribution in [0.4, 0.5) is 0 Å². The molecule has 382 valence electrons. The minimum atomic E-state index is -1.42. The molecule has 0 spiro atoms. The fraction of sp³-hybridized carbons (Fsp3) is 0.531. The summed E-state index contributed by atoms with van der Waals surface area (Å²) in [5.74, 6) is -1.92. The highest BCUT2D eigenvalue weighted by Crippen LogP contribution is 2.27. The van der Waals surface area contributed by atoms with Crippen molar-refractivity contribution in [3.63, 3.8) is 0 Å². The van der Waals surface area contributed by atoms with Gasteiger partial charge in [-0.25, -0.2) is 14.4 Å². The molecule has 1 aromatic heterocycles. The van der Waals surface area contributed by atoms with Gasteiger partial charge < -0.3 is 66.9 Å². The zero-order valence-electron chi connectivity index (χ0n) is 40.0. The van der Waals surface area contributed by atoms with Crippen LogP contribution in [0.5, 0.6) is 5.75 Å². The average Bonchev–Trinajstić information content (AvgIpc) is 3.35. The third kappa shape index (κ3) is 23.4. The summed E-state index contributed by atoms with van der Waals surface area (Å²) >= 11 is 1.48. The van der Waals surface area contributed by atoms with Crippen molar-refractivity contribution >= 4 is 55.3 Å². The Labute approximate surface area is 406 Å². The third-order valence-corrected chi connectivity index (χ3v) is 10.7. The lowest BCUT2D eigenvalue weighted by atomic mass is 10.0. The summed E-state index contributed by atoms with van der Waals surface area (Å²) < 4.78 is 75.4. The monoisotopic (exact) mass is 989 g/mol. The molecule has 3 aromatic rings. The highest BCUT2D eigenvalue weighted by molar-refractivity contribution is 7.24.